The first-order valence-corrected chi connectivity index (χ1v) is 6.30. The molecule has 2 rings (SSSR count). The zero-order valence-electron chi connectivity index (χ0n) is 10.1. The first-order chi connectivity index (χ1) is 8.69. The first-order valence-electron chi connectivity index (χ1n) is 6.30. The minimum Gasteiger partial charge on any atom is -0.295 e. The predicted octanol–water partition coefficient (Wildman–Crippen LogP) is 3.45. The molecule has 1 aliphatic rings. The van der Waals surface area contributed by atoms with Crippen molar-refractivity contribution in [3.8, 4) is 6.07 Å². The van der Waals surface area contributed by atoms with Crippen molar-refractivity contribution in [2.45, 2.75) is 44.2 Å². The minimum atomic E-state index is -0.643. The van der Waals surface area contributed by atoms with Gasteiger partial charge in [0, 0.05) is 12.1 Å². The lowest BCUT2D eigenvalue weighted by molar-refractivity contribution is 0.359. The summed E-state index contributed by atoms with van der Waals surface area (Å²) in [4.78, 5) is 0. The van der Waals surface area contributed by atoms with E-state index in [1.54, 1.807) is 0 Å². The van der Waals surface area contributed by atoms with Crippen LogP contribution < -0.4 is 5.32 Å². The van der Waals surface area contributed by atoms with Crippen LogP contribution in [0.2, 0.25) is 0 Å². The monoisotopic (exact) mass is 250 g/mol. The van der Waals surface area contributed by atoms with Gasteiger partial charge in [0.15, 0.2) is 0 Å². The van der Waals surface area contributed by atoms with Crippen molar-refractivity contribution in [2.24, 2.45) is 0 Å². The summed E-state index contributed by atoms with van der Waals surface area (Å²) in [7, 11) is 0. The number of nitrogens with one attached hydrogen (secondary N) is 1. The van der Waals surface area contributed by atoms with Gasteiger partial charge in [-0.2, -0.15) is 5.26 Å². The third kappa shape index (κ3) is 3.27. The fraction of sp³-hybridized carbons (Fsp3) is 0.500. The number of benzene rings is 1. The maximum Gasteiger partial charge on any atom is 0.126 e. The summed E-state index contributed by atoms with van der Waals surface area (Å²) in [6.45, 7) is 0. The Morgan fingerprint density at radius 2 is 1.72 bits per heavy atom. The Morgan fingerprint density at radius 3 is 2.28 bits per heavy atom. The first kappa shape index (κ1) is 13.0. The lowest BCUT2D eigenvalue weighted by Gasteiger charge is -2.25. The van der Waals surface area contributed by atoms with Gasteiger partial charge in [-0.3, -0.25) is 5.32 Å². The van der Waals surface area contributed by atoms with Crippen molar-refractivity contribution in [2.75, 3.05) is 0 Å². The quantitative estimate of drug-likeness (QED) is 0.891. The van der Waals surface area contributed by atoms with Crippen LogP contribution in [0, 0.1) is 23.0 Å². The van der Waals surface area contributed by atoms with Crippen molar-refractivity contribution in [1.29, 1.82) is 5.26 Å². The molecule has 96 valence electrons. The SMILES string of the molecule is N#CC(NC1CCCCC1)c1cc(F)cc(F)c1. The zero-order valence-corrected chi connectivity index (χ0v) is 10.1. The molecule has 1 aliphatic carbocycles. The number of nitriles is 1. The van der Waals surface area contributed by atoms with Crippen LogP contribution in [-0.2, 0) is 0 Å². The summed E-state index contributed by atoms with van der Waals surface area (Å²) in [5, 5.41) is 12.3. The van der Waals surface area contributed by atoms with Crippen molar-refractivity contribution in [1.82, 2.24) is 5.32 Å². The average Bonchev–Trinajstić information content (AvgIpc) is 2.36. The van der Waals surface area contributed by atoms with Crippen LogP contribution in [0.15, 0.2) is 18.2 Å². The molecule has 0 spiro atoms. The molecular weight excluding hydrogens is 234 g/mol. The fourth-order valence-corrected chi connectivity index (χ4v) is 2.45. The zero-order chi connectivity index (χ0) is 13.0. The Bertz CT molecular complexity index is 427. The van der Waals surface area contributed by atoms with Gasteiger partial charge in [0.1, 0.15) is 17.7 Å². The topological polar surface area (TPSA) is 35.8 Å². The maximum atomic E-state index is 13.1. The van der Waals surface area contributed by atoms with Crippen LogP contribution in [0.1, 0.15) is 43.7 Å². The summed E-state index contributed by atoms with van der Waals surface area (Å²) in [5.74, 6) is -1.29. The van der Waals surface area contributed by atoms with E-state index < -0.39 is 17.7 Å². The van der Waals surface area contributed by atoms with Crippen LogP contribution >= 0.6 is 0 Å². The van der Waals surface area contributed by atoms with Gasteiger partial charge < -0.3 is 0 Å². The highest BCUT2D eigenvalue weighted by Gasteiger charge is 2.19. The molecule has 2 nitrogen and oxygen atoms in total. The highest BCUT2D eigenvalue weighted by atomic mass is 19.1. The second-order valence-electron chi connectivity index (χ2n) is 4.77. The largest absolute Gasteiger partial charge is 0.295 e. The molecule has 0 aliphatic heterocycles. The van der Waals surface area contributed by atoms with Gasteiger partial charge in [0.25, 0.3) is 0 Å². The molecule has 0 amide bonds. The van der Waals surface area contributed by atoms with Gasteiger partial charge in [0.2, 0.25) is 0 Å². The third-order valence-corrected chi connectivity index (χ3v) is 3.35. The predicted molar refractivity (Wildman–Crippen MR) is 64.7 cm³/mol. The molecule has 4 heteroatoms. The van der Waals surface area contributed by atoms with E-state index in [1.807, 2.05) is 0 Å². The van der Waals surface area contributed by atoms with Gasteiger partial charge in [-0.05, 0) is 30.5 Å². The standard InChI is InChI=1S/C14H16F2N2/c15-11-6-10(7-12(16)8-11)14(9-17)18-13-4-2-1-3-5-13/h6-8,13-14,18H,1-5H2. The Hall–Kier alpha value is -1.47. The Balaban J connectivity index is 2.10. The van der Waals surface area contributed by atoms with E-state index in [0.717, 1.165) is 31.7 Å². The molecule has 1 N–H and O–H groups in total. The molecule has 0 aromatic heterocycles. The summed E-state index contributed by atoms with van der Waals surface area (Å²) in [6.07, 6.45) is 5.57. The van der Waals surface area contributed by atoms with E-state index in [-0.39, 0.29) is 6.04 Å². The van der Waals surface area contributed by atoms with E-state index in [0.29, 0.717) is 5.56 Å². The average molecular weight is 250 g/mol. The van der Waals surface area contributed by atoms with Gasteiger partial charge in [-0.25, -0.2) is 8.78 Å². The maximum absolute atomic E-state index is 13.1. The molecule has 1 unspecified atom stereocenters. The smallest absolute Gasteiger partial charge is 0.126 e. The molecule has 0 bridgehead atoms. The molecule has 0 saturated heterocycles. The van der Waals surface area contributed by atoms with Crippen molar-refractivity contribution >= 4 is 0 Å². The molecule has 1 atom stereocenters. The highest BCUT2D eigenvalue weighted by molar-refractivity contribution is 5.25. The van der Waals surface area contributed by atoms with E-state index in [2.05, 4.69) is 11.4 Å². The number of hydrogen-bond donors (Lipinski definition) is 1. The molecule has 0 heterocycles. The molecule has 1 saturated carbocycles. The minimum absolute atomic E-state index is 0.273. The van der Waals surface area contributed by atoms with Gasteiger partial charge in [0.05, 0.1) is 6.07 Å². The van der Waals surface area contributed by atoms with Crippen LogP contribution in [0.5, 0.6) is 0 Å². The Kier molecular flexibility index (Phi) is 4.27. The molecule has 18 heavy (non-hydrogen) atoms. The van der Waals surface area contributed by atoms with Gasteiger partial charge in [-0.15, -0.1) is 0 Å². The number of hydrogen-bond acceptors (Lipinski definition) is 2. The van der Waals surface area contributed by atoms with Gasteiger partial charge in [-0.1, -0.05) is 19.3 Å². The fourth-order valence-electron chi connectivity index (χ4n) is 2.45. The molecule has 1 aromatic carbocycles. The lowest BCUT2D eigenvalue weighted by atomic mass is 9.94. The van der Waals surface area contributed by atoms with E-state index in [9.17, 15) is 8.78 Å². The van der Waals surface area contributed by atoms with Crippen LogP contribution in [0.3, 0.4) is 0 Å². The lowest BCUT2D eigenvalue weighted by Crippen LogP contribution is -2.33. The number of halogens is 2. The second-order valence-corrected chi connectivity index (χ2v) is 4.77. The summed E-state index contributed by atoms with van der Waals surface area (Å²) < 4.78 is 26.3. The van der Waals surface area contributed by atoms with Crippen molar-refractivity contribution in [3.63, 3.8) is 0 Å². The van der Waals surface area contributed by atoms with Crippen molar-refractivity contribution in [3.05, 3.63) is 35.4 Å². The molecule has 1 aromatic rings. The third-order valence-electron chi connectivity index (χ3n) is 3.35. The Labute approximate surface area is 106 Å². The summed E-state index contributed by atoms with van der Waals surface area (Å²) >= 11 is 0. The number of nitrogens with zero attached hydrogens (tertiary/aromatic N) is 1. The van der Waals surface area contributed by atoms with Crippen molar-refractivity contribution < 1.29 is 8.78 Å². The van der Waals surface area contributed by atoms with Crippen LogP contribution in [0.25, 0.3) is 0 Å². The Morgan fingerprint density at radius 1 is 1.11 bits per heavy atom. The van der Waals surface area contributed by atoms with E-state index >= 15 is 0 Å². The normalized spacial score (nSPS) is 18.3. The summed E-state index contributed by atoms with van der Waals surface area (Å²) in [5.41, 5.74) is 0.362. The van der Waals surface area contributed by atoms with E-state index in [1.165, 1.54) is 18.6 Å². The molecule has 0 radical (unpaired) electrons. The van der Waals surface area contributed by atoms with Crippen LogP contribution in [0.4, 0.5) is 8.78 Å². The summed E-state index contributed by atoms with van der Waals surface area (Å²) in [6, 6.07) is 4.96. The molecule has 1 fully saturated rings. The van der Waals surface area contributed by atoms with Gasteiger partial charge >= 0.3 is 0 Å². The second kappa shape index (κ2) is 5.92. The molecular formula is C14H16F2N2. The van der Waals surface area contributed by atoms with E-state index in [4.69, 9.17) is 5.26 Å². The number of rotatable bonds is 3. The van der Waals surface area contributed by atoms with Crippen LogP contribution in [-0.4, -0.2) is 6.04 Å². The highest BCUT2D eigenvalue weighted by Crippen LogP contribution is 2.22.